The Labute approximate surface area is 236 Å². The maximum Gasteiger partial charge on any atom is 0.244 e. The summed E-state index contributed by atoms with van der Waals surface area (Å²) in [5, 5.41) is 3.43. The van der Waals surface area contributed by atoms with Crippen molar-refractivity contribution in [1.82, 2.24) is 10.2 Å². The summed E-state index contributed by atoms with van der Waals surface area (Å²) in [6.07, 6.45) is 2.09. The van der Waals surface area contributed by atoms with Gasteiger partial charge in [-0.1, -0.05) is 73.1 Å². The first-order valence-electron chi connectivity index (χ1n) is 12.9. The number of anilines is 1. The molecule has 3 aromatic rings. The number of benzene rings is 3. The van der Waals surface area contributed by atoms with E-state index in [9.17, 15) is 18.0 Å². The summed E-state index contributed by atoms with van der Waals surface area (Å²) in [4.78, 5) is 29.0. The van der Waals surface area contributed by atoms with Crippen LogP contribution < -0.4 is 9.62 Å². The number of aryl methyl sites for hydroxylation is 2. The van der Waals surface area contributed by atoms with Gasteiger partial charge in [-0.3, -0.25) is 13.9 Å². The van der Waals surface area contributed by atoms with E-state index in [4.69, 9.17) is 11.6 Å². The molecule has 0 heterocycles. The molecule has 0 fully saturated rings. The van der Waals surface area contributed by atoms with Crippen LogP contribution in [0.5, 0.6) is 0 Å². The third-order valence-electron chi connectivity index (χ3n) is 6.37. The second-order valence-corrected chi connectivity index (χ2v) is 12.1. The van der Waals surface area contributed by atoms with Crippen LogP contribution in [-0.2, 0) is 32.6 Å². The van der Waals surface area contributed by atoms with Crippen LogP contribution >= 0.6 is 11.6 Å². The predicted molar refractivity (Wildman–Crippen MR) is 157 cm³/mol. The zero-order chi connectivity index (χ0) is 28.6. The molecule has 3 aromatic carbocycles. The lowest BCUT2D eigenvalue weighted by molar-refractivity contribution is -0.140. The van der Waals surface area contributed by atoms with E-state index in [-0.39, 0.29) is 18.9 Å². The number of nitrogens with zero attached hydrogens (tertiary/aromatic N) is 2. The number of nitrogens with one attached hydrogen (secondary N) is 1. The Kier molecular flexibility index (Phi) is 10.5. The highest BCUT2D eigenvalue weighted by Crippen LogP contribution is 2.25. The highest BCUT2D eigenvalue weighted by Gasteiger charge is 2.33. The van der Waals surface area contributed by atoms with Gasteiger partial charge in [0.1, 0.15) is 12.6 Å². The zero-order valence-corrected chi connectivity index (χ0v) is 24.4. The molecule has 0 unspecified atom stereocenters. The molecular formula is C30H36ClN3O4S. The van der Waals surface area contributed by atoms with Gasteiger partial charge in [-0.2, -0.15) is 0 Å². The fraction of sp³-hybridized carbons (Fsp3) is 0.333. The number of hydrogen-bond donors (Lipinski definition) is 1. The van der Waals surface area contributed by atoms with Gasteiger partial charge in [0.15, 0.2) is 0 Å². The van der Waals surface area contributed by atoms with Gasteiger partial charge in [0.2, 0.25) is 21.8 Å². The number of rotatable bonds is 12. The van der Waals surface area contributed by atoms with E-state index >= 15 is 0 Å². The molecule has 208 valence electrons. The molecule has 0 bridgehead atoms. The van der Waals surface area contributed by atoms with Crippen molar-refractivity contribution in [2.24, 2.45) is 0 Å². The summed E-state index contributed by atoms with van der Waals surface area (Å²) in [6, 6.07) is 21.1. The normalized spacial score (nSPS) is 12.0. The molecular weight excluding hydrogens is 534 g/mol. The van der Waals surface area contributed by atoms with Crippen LogP contribution in [0, 0.1) is 13.8 Å². The average molecular weight is 570 g/mol. The molecule has 0 spiro atoms. The molecule has 1 N–H and O–H groups in total. The van der Waals surface area contributed by atoms with Gasteiger partial charge in [-0.25, -0.2) is 8.42 Å². The quantitative estimate of drug-likeness (QED) is 0.336. The van der Waals surface area contributed by atoms with Gasteiger partial charge >= 0.3 is 0 Å². The van der Waals surface area contributed by atoms with E-state index in [0.29, 0.717) is 17.3 Å². The number of carbonyl (C=O) groups is 2. The van der Waals surface area contributed by atoms with Crippen LogP contribution in [-0.4, -0.2) is 50.5 Å². The molecule has 39 heavy (non-hydrogen) atoms. The highest BCUT2D eigenvalue weighted by atomic mass is 35.5. The number of sulfonamides is 1. The molecule has 0 aliphatic heterocycles. The third-order valence-corrected chi connectivity index (χ3v) is 7.74. The number of carbonyl (C=O) groups excluding carboxylic acids is 2. The summed E-state index contributed by atoms with van der Waals surface area (Å²) in [7, 11) is -3.82. The molecule has 2 amide bonds. The minimum absolute atomic E-state index is 0.0842. The van der Waals surface area contributed by atoms with E-state index in [1.165, 1.54) is 4.90 Å². The Morgan fingerprint density at radius 2 is 1.64 bits per heavy atom. The SMILES string of the molecule is CCCNC(=O)[C@@H](Cc1ccccc1)N(Cc1cccc(Cl)c1)C(=O)CN(c1cc(C)ccc1C)S(C)(=O)=O. The van der Waals surface area contributed by atoms with Crippen LogP contribution in [0.4, 0.5) is 5.69 Å². The Bertz CT molecular complexity index is 1400. The largest absolute Gasteiger partial charge is 0.354 e. The summed E-state index contributed by atoms with van der Waals surface area (Å²) in [5.74, 6) is -0.789. The Morgan fingerprint density at radius 3 is 2.28 bits per heavy atom. The van der Waals surface area contributed by atoms with Crippen molar-refractivity contribution in [2.75, 3.05) is 23.7 Å². The molecule has 0 aliphatic carbocycles. The maximum atomic E-state index is 14.1. The lowest BCUT2D eigenvalue weighted by atomic mass is 10.0. The monoisotopic (exact) mass is 569 g/mol. The first-order chi connectivity index (χ1) is 18.5. The van der Waals surface area contributed by atoms with Gasteiger partial charge < -0.3 is 10.2 Å². The van der Waals surface area contributed by atoms with E-state index in [1.54, 1.807) is 31.2 Å². The molecule has 0 radical (unpaired) electrons. The molecule has 0 saturated carbocycles. The van der Waals surface area contributed by atoms with Crippen molar-refractivity contribution < 1.29 is 18.0 Å². The lowest BCUT2D eigenvalue weighted by Crippen LogP contribution is -2.53. The fourth-order valence-corrected chi connectivity index (χ4v) is 5.45. The van der Waals surface area contributed by atoms with Crippen molar-refractivity contribution in [2.45, 2.75) is 46.2 Å². The fourth-order valence-electron chi connectivity index (χ4n) is 4.33. The minimum Gasteiger partial charge on any atom is -0.354 e. The first-order valence-corrected chi connectivity index (χ1v) is 15.1. The highest BCUT2D eigenvalue weighted by molar-refractivity contribution is 7.92. The van der Waals surface area contributed by atoms with Gasteiger partial charge in [-0.05, 0) is 60.7 Å². The Hall–Kier alpha value is -3.36. The van der Waals surface area contributed by atoms with Gasteiger partial charge in [0.05, 0.1) is 11.9 Å². The van der Waals surface area contributed by atoms with Crippen molar-refractivity contribution >= 4 is 39.1 Å². The van der Waals surface area contributed by atoms with Crippen LogP contribution in [0.15, 0.2) is 72.8 Å². The molecule has 0 saturated heterocycles. The number of amides is 2. The van der Waals surface area contributed by atoms with Crippen molar-refractivity contribution in [3.8, 4) is 0 Å². The van der Waals surface area contributed by atoms with Crippen molar-refractivity contribution in [1.29, 1.82) is 0 Å². The molecule has 0 aromatic heterocycles. The number of hydrogen-bond acceptors (Lipinski definition) is 4. The molecule has 9 heteroatoms. The maximum absolute atomic E-state index is 14.1. The zero-order valence-electron chi connectivity index (χ0n) is 22.9. The van der Waals surface area contributed by atoms with E-state index in [0.717, 1.165) is 39.2 Å². The van der Waals surface area contributed by atoms with E-state index in [2.05, 4.69) is 5.32 Å². The topological polar surface area (TPSA) is 86.8 Å². The van der Waals surface area contributed by atoms with Crippen LogP contribution in [0.25, 0.3) is 0 Å². The lowest BCUT2D eigenvalue weighted by Gasteiger charge is -2.34. The van der Waals surface area contributed by atoms with Gasteiger partial charge in [0.25, 0.3) is 0 Å². The second-order valence-electron chi connectivity index (χ2n) is 9.71. The van der Waals surface area contributed by atoms with Crippen LogP contribution in [0.3, 0.4) is 0 Å². The van der Waals surface area contributed by atoms with Crippen molar-refractivity contribution in [3.05, 3.63) is 100 Å². The molecule has 7 nitrogen and oxygen atoms in total. The Morgan fingerprint density at radius 1 is 0.949 bits per heavy atom. The Balaban J connectivity index is 2.07. The standard InChI is InChI=1S/C30H36ClN3O4S/c1-5-16-32-30(36)28(19-24-10-7-6-8-11-24)33(20-25-12-9-13-26(31)18-25)29(35)21-34(39(4,37)38)27-17-22(2)14-15-23(27)3/h6-15,17-18,28H,5,16,19-21H2,1-4H3,(H,32,36)/t28-/m1/s1. The van der Waals surface area contributed by atoms with Gasteiger partial charge in [0, 0.05) is 24.5 Å². The average Bonchev–Trinajstić information content (AvgIpc) is 2.89. The second kappa shape index (κ2) is 13.6. The summed E-state index contributed by atoms with van der Waals surface area (Å²) >= 11 is 6.23. The summed E-state index contributed by atoms with van der Waals surface area (Å²) < 4.78 is 27.0. The molecule has 3 rings (SSSR count). The molecule has 0 aliphatic rings. The number of halogens is 1. The summed E-state index contributed by atoms with van der Waals surface area (Å²) in [6.45, 7) is 5.72. The van der Waals surface area contributed by atoms with E-state index < -0.39 is 28.5 Å². The van der Waals surface area contributed by atoms with E-state index in [1.807, 2.05) is 62.4 Å². The minimum atomic E-state index is -3.82. The van der Waals surface area contributed by atoms with Crippen LogP contribution in [0.1, 0.15) is 35.6 Å². The summed E-state index contributed by atoms with van der Waals surface area (Å²) in [5.41, 5.74) is 3.64. The molecule has 1 atom stereocenters. The third kappa shape index (κ3) is 8.57. The van der Waals surface area contributed by atoms with Crippen molar-refractivity contribution in [3.63, 3.8) is 0 Å². The predicted octanol–water partition coefficient (Wildman–Crippen LogP) is 4.89. The van der Waals surface area contributed by atoms with Crippen LogP contribution in [0.2, 0.25) is 5.02 Å². The first kappa shape index (κ1) is 30.2. The smallest absolute Gasteiger partial charge is 0.244 e. The van der Waals surface area contributed by atoms with Gasteiger partial charge in [-0.15, -0.1) is 0 Å².